The van der Waals surface area contributed by atoms with E-state index in [-0.39, 0.29) is 5.56 Å². The second-order valence-electron chi connectivity index (χ2n) is 6.32. The zero-order valence-corrected chi connectivity index (χ0v) is 16.1. The van der Waals surface area contributed by atoms with Gasteiger partial charge in [-0.2, -0.15) is 9.78 Å². The summed E-state index contributed by atoms with van der Waals surface area (Å²) in [6, 6.07) is 22.0. The van der Waals surface area contributed by atoms with Crippen LogP contribution in [0.4, 0.5) is 0 Å². The molecule has 29 heavy (non-hydrogen) atoms. The van der Waals surface area contributed by atoms with Crippen molar-refractivity contribution in [2.45, 2.75) is 0 Å². The van der Waals surface area contributed by atoms with Crippen molar-refractivity contribution in [3.63, 3.8) is 0 Å². The number of hydrogen-bond acceptors (Lipinski definition) is 5. The minimum Gasteiger partial charge on any atom is -0.497 e. The van der Waals surface area contributed by atoms with Gasteiger partial charge < -0.3 is 9.47 Å². The largest absolute Gasteiger partial charge is 0.497 e. The van der Waals surface area contributed by atoms with Gasteiger partial charge in [0.2, 0.25) is 0 Å². The van der Waals surface area contributed by atoms with Gasteiger partial charge in [0.15, 0.2) is 5.82 Å². The Bertz CT molecular complexity index is 1230. The molecule has 0 fully saturated rings. The molecule has 4 aromatic rings. The Labute approximate surface area is 167 Å². The number of aromatic nitrogens is 2. The summed E-state index contributed by atoms with van der Waals surface area (Å²) in [4.78, 5) is 17.8. The molecule has 0 radical (unpaired) electrons. The maximum absolute atomic E-state index is 13.1. The summed E-state index contributed by atoms with van der Waals surface area (Å²) < 4.78 is 11.7. The fourth-order valence-corrected chi connectivity index (χ4v) is 2.97. The maximum Gasteiger partial charge on any atom is 0.282 e. The molecule has 0 N–H and O–H groups in total. The number of ether oxygens (including phenoxy) is 2. The van der Waals surface area contributed by atoms with E-state index in [0.29, 0.717) is 16.7 Å². The molecule has 3 aromatic carbocycles. The highest BCUT2D eigenvalue weighted by atomic mass is 16.5. The first kappa shape index (κ1) is 18.4. The van der Waals surface area contributed by atoms with Gasteiger partial charge in [-0.05, 0) is 66.2 Å². The van der Waals surface area contributed by atoms with E-state index in [9.17, 15) is 4.79 Å². The SMILES string of the molecule is COc1ccc(C=Nn2c(-c3ccc(OC)cc3)nc3ccccc3c2=O)cc1. The van der Waals surface area contributed by atoms with Gasteiger partial charge in [-0.3, -0.25) is 4.79 Å². The van der Waals surface area contributed by atoms with E-state index in [1.165, 1.54) is 4.68 Å². The standard InChI is InChI=1S/C23H19N3O3/c1-28-18-11-7-16(8-12-18)15-24-26-22(17-9-13-19(29-2)14-10-17)25-21-6-4-3-5-20(21)23(26)27/h3-15H,1-2H3. The first-order valence-corrected chi connectivity index (χ1v) is 9.04. The van der Waals surface area contributed by atoms with Crippen molar-refractivity contribution in [2.75, 3.05) is 14.2 Å². The zero-order valence-electron chi connectivity index (χ0n) is 16.1. The molecule has 0 unspecified atom stereocenters. The fraction of sp³-hybridized carbons (Fsp3) is 0.0870. The summed E-state index contributed by atoms with van der Waals surface area (Å²) in [6.45, 7) is 0. The van der Waals surface area contributed by atoms with E-state index in [1.54, 1.807) is 26.5 Å². The molecule has 0 spiro atoms. The lowest BCUT2D eigenvalue weighted by atomic mass is 10.2. The third-order valence-electron chi connectivity index (χ3n) is 4.54. The minimum absolute atomic E-state index is 0.230. The molecule has 1 heterocycles. The predicted octanol–water partition coefficient (Wildman–Crippen LogP) is 3.96. The summed E-state index contributed by atoms with van der Waals surface area (Å²) in [5, 5.41) is 4.96. The van der Waals surface area contributed by atoms with Crippen LogP contribution in [-0.4, -0.2) is 30.1 Å². The first-order chi connectivity index (χ1) is 14.2. The van der Waals surface area contributed by atoms with Gasteiger partial charge in [0.25, 0.3) is 5.56 Å². The summed E-state index contributed by atoms with van der Waals surface area (Å²) in [6.07, 6.45) is 1.63. The van der Waals surface area contributed by atoms with Crippen molar-refractivity contribution in [2.24, 2.45) is 5.10 Å². The molecule has 0 aliphatic carbocycles. The van der Waals surface area contributed by atoms with Crippen LogP contribution in [0.5, 0.6) is 11.5 Å². The lowest BCUT2D eigenvalue weighted by Gasteiger charge is -2.10. The van der Waals surface area contributed by atoms with Gasteiger partial charge in [0.1, 0.15) is 11.5 Å². The summed E-state index contributed by atoms with van der Waals surface area (Å²) in [5.41, 5.74) is 2.00. The van der Waals surface area contributed by atoms with Gasteiger partial charge in [0.05, 0.1) is 31.3 Å². The Morgan fingerprint density at radius 3 is 2.14 bits per heavy atom. The van der Waals surface area contributed by atoms with Gasteiger partial charge in [0, 0.05) is 5.56 Å². The van der Waals surface area contributed by atoms with Crippen molar-refractivity contribution >= 4 is 17.1 Å². The molecule has 6 nitrogen and oxygen atoms in total. The van der Waals surface area contributed by atoms with Crippen LogP contribution in [0.3, 0.4) is 0 Å². The highest BCUT2D eigenvalue weighted by molar-refractivity contribution is 5.82. The normalized spacial score (nSPS) is 11.1. The fourth-order valence-electron chi connectivity index (χ4n) is 2.97. The molecule has 0 aliphatic rings. The van der Waals surface area contributed by atoms with E-state index >= 15 is 0 Å². The highest BCUT2D eigenvalue weighted by Gasteiger charge is 2.12. The summed E-state index contributed by atoms with van der Waals surface area (Å²) in [7, 11) is 3.23. The summed E-state index contributed by atoms with van der Waals surface area (Å²) in [5.74, 6) is 1.94. The average molecular weight is 385 g/mol. The van der Waals surface area contributed by atoms with Gasteiger partial charge in [-0.1, -0.05) is 12.1 Å². The Balaban J connectivity index is 1.86. The molecular weight excluding hydrogens is 366 g/mol. The van der Waals surface area contributed by atoms with E-state index in [4.69, 9.17) is 9.47 Å². The number of fused-ring (bicyclic) bond motifs is 1. The minimum atomic E-state index is -0.230. The van der Waals surface area contributed by atoms with Crippen LogP contribution >= 0.6 is 0 Å². The molecule has 4 rings (SSSR count). The van der Waals surface area contributed by atoms with E-state index in [2.05, 4.69) is 10.1 Å². The predicted molar refractivity (Wildman–Crippen MR) is 114 cm³/mol. The monoisotopic (exact) mass is 385 g/mol. The second kappa shape index (κ2) is 7.98. The molecule has 1 aromatic heterocycles. The Morgan fingerprint density at radius 1 is 0.862 bits per heavy atom. The van der Waals surface area contributed by atoms with Crippen molar-refractivity contribution in [1.82, 2.24) is 9.66 Å². The molecule has 0 saturated carbocycles. The molecule has 0 amide bonds. The Kier molecular flexibility index (Phi) is 5.07. The van der Waals surface area contributed by atoms with Crippen LogP contribution in [0.25, 0.3) is 22.3 Å². The van der Waals surface area contributed by atoms with Gasteiger partial charge in [-0.25, -0.2) is 4.98 Å². The number of hydrogen-bond donors (Lipinski definition) is 0. The van der Waals surface area contributed by atoms with Gasteiger partial charge in [-0.15, -0.1) is 0 Å². The van der Waals surface area contributed by atoms with Crippen molar-refractivity contribution in [3.05, 3.63) is 88.7 Å². The molecule has 0 saturated heterocycles. The molecule has 0 aliphatic heterocycles. The number of para-hydroxylation sites is 1. The average Bonchev–Trinajstić information content (AvgIpc) is 2.79. The number of benzene rings is 3. The van der Waals surface area contributed by atoms with Gasteiger partial charge >= 0.3 is 0 Å². The Morgan fingerprint density at radius 2 is 1.48 bits per heavy atom. The smallest absolute Gasteiger partial charge is 0.282 e. The lowest BCUT2D eigenvalue weighted by molar-refractivity contribution is 0.414. The second-order valence-corrected chi connectivity index (χ2v) is 6.32. The summed E-state index contributed by atoms with van der Waals surface area (Å²) >= 11 is 0. The van der Waals surface area contributed by atoms with Crippen LogP contribution < -0.4 is 15.0 Å². The Hall–Kier alpha value is -3.93. The molecular formula is C23H19N3O3. The van der Waals surface area contributed by atoms with E-state index < -0.39 is 0 Å². The molecule has 6 heteroatoms. The number of rotatable bonds is 5. The van der Waals surface area contributed by atoms with E-state index in [1.807, 2.05) is 66.7 Å². The van der Waals surface area contributed by atoms with Crippen molar-refractivity contribution < 1.29 is 9.47 Å². The quantitative estimate of drug-likeness (QED) is 0.488. The van der Waals surface area contributed by atoms with Crippen LogP contribution in [-0.2, 0) is 0 Å². The van der Waals surface area contributed by atoms with Crippen molar-refractivity contribution in [1.29, 1.82) is 0 Å². The third-order valence-corrected chi connectivity index (χ3v) is 4.54. The molecule has 144 valence electrons. The highest BCUT2D eigenvalue weighted by Crippen LogP contribution is 2.22. The lowest BCUT2D eigenvalue weighted by Crippen LogP contribution is -2.20. The third kappa shape index (κ3) is 3.73. The number of nitrogens with zero attached hydrogens (tertiary/aromatic N) is 3. The molecule has 0 bridgehead atoms. The van der Waals surface area contributed by atoms with Crippen molar-refractivity contribution in [3.8, 4) is 22.9 Å². The first-order valence-electron chi connectivity index (χ1n) is 9.04. The van der Waals surface area contributed by atoms with Crippen LogP contribution in [0.1, 0.15) is 5.56 Å². The molecule has 0 atom stereocenters. The zero-order chi connectivity index (χ0) is 20.2. The van der Waals surface area contributed by atoms with Crippen LogP contribution in [0.2, 0.25) is 0 Å². The van der Waals surface area contributed by atoms with Crippen LogP contribution in [0.15, 0.2) is 82.7 Å². The number of methoxy groups -OCH3 is 2. The topological polar surface area (TPSA) is 65.7 Å². The van der Waals surface area contributed by atoms with Crippen LogP contribution in [0, 0.1) is 0 Å². The maximum atomic E-state index is 13.1. The van der Waals surface area contributed by atoms with E-state index in [0.717, 1.165) is 22.6 Å².